The van der Waals surface area contributed by atoms with Gasteiger partial charge in [-0.1, -0.05) is 12.5 Å². The van der Waals surface area contributed by atoms with Crippen molar-refractivity contribution in [3.8, 4) is 0 Å². The zero-order valence-corrected chi connectivity index (χ0v) is 12.7. The number of hydrogen-bond donors (Lipinski definition) is 2. The van der Waals surface area contributed by atoms with Crippen LogP contribution in [-0.4, -0.2) is 17.0 Å². The topological polar surface area (TPSA) is 66.4 Å². The van der Waals surface area contributed by atoms with Gasteiger partial charge in [0.2, 0.25) is 5.91 Å². The maximum Gasteiger partial charge on any atom is 0.310 e. The molecule has 2 saturated carbocycles. The minimum Gasteiger partial charge on any atom is -0.481 e. The van der Waals surface area contributed by atoms with Crippen LogP contribution < -0.4 is 5.32 Å². The summed E-state index contributed by atoms with van der Waals surface area (Å²) >= 11 is 0. The van der Waals surface area contributed by atoms with Crippen LogP contribution in [0, 0.1) is 17.0 Å². The molecule has 0 saturated heterocycles. The van der Waals surface area contributed by atoms with Crippen molar-refractivity contribution in [1.82, 2.24) is 5.32 Å². The Hall–Kier alpha value is -1.98. The van der Waals surface area contributed by atoms with Crippen molar-refractivity contribution in [3.63, 3.8) is 0 Å². The smallest absolute Gasteiger partial charge is 0.310 e. The van der Waals surface area contributed by atoms with E-state index in [1.54, 1.807) is 0 Å². The molecule has 3 rings (SSSR count). The van der Waals surface area contributed by atoms with Gasteiger partial charge >= 0.3 is 5.97 Å². The Morgan fingerprint density at radius 1 is 1.13 bits per heavy atom. The molecule has 1 amide bonds. The largest absolute Gasteiger partial charge is 0.481 e. The highest BCUT2D eigenvalue weighted by atomic mass is 19.1. The average Bonchev–Trinajstić information content (AvgIpc) is 2.38. The Labute approximate surface area is 132 Å². The first kappa shape index (κ1) is 15.9. The van der Waals surface area contributed by atoms with Gasteiger partial charge in [0, 0.05) is 18.1 Å². The molecule has 4 nitrogen and oxygen atoms in total. The fraction of sp³-hybridized carbons (Fsp3) is 0.529. The Kier molecular flexibility index (Phi) is 3.86. The summed E-state index contributed by atoms with van der Waals surface area (Å²) in [5.74, 6) is -2.67. The predicted octanol–water partition coefficient (Wildman–Crippen LogP) is 3.11. The summed E-state index contributed by atoms with van der Waals surface area (Å²) in [5.41, 5.74) is -1.54. The Morgan fingerprint density at radius 3 is 2.22 bits per heavy atom. The number of amides is 1. The number of rotatable bonds is 5. The molecular formula is C17H19F2NO3. The first-order valence-corrected chi connectivity index (χ1v) is 7.87. The van der Waals surface area contributed by atoms with Crippen molar-refractivity contribution < 1.29 is 23.5 Å². The van der Waals surface area contributed by atoms with Crippen LogP contribution in [0.5, 0.6) is 0 Å². The number of aliphatic carboxylic acids is 1. The fourth-order valence-electron chi connectivity index (χ4n) is 3.56. The maximum atomic E-state index is 14.1. The maximum absolute atomic E-state index is 14.1. The lowest BCUT2D eigenvalue weighted by Crippen LogP contribution is -2.53. The molecule has 1 aromatic carbocycles. The van der Waals surface area contributed by atoms with Gasteiger partial charge < -0.3 is 10.4 Å². The van der Waals surface area contributed by atoms with E-state index < -0.39 is 28.6 Å². The molecule has 2 fully saturated rings. The lowest BCUT2D eigenvalue weighted by Gasteiger charge is -2.44. The molecule has 0 aromatic heterocycles. The summed E-state index contributed by atoms with van der Waals surface area (Å²) < 4.78 is 27.2. The molecule has 0 radical (unpaired) electrons. The van der Waals surface area contributed by atoms with E-state index in [1.165, 1.54) is 12.1 Å². The van der Waals surface area contributed by atoms with Gasteiger partial charge in [0.05, 0.1) is 11.0 Å². The summed E-state index contributed by atoms with van der Waals surface area (Å²) in [5, 5.41) is 12.1. The van der Waals surface area contributed by atoms with Crippen LogP contribution in [0.1, 0.15) is 50.5 Å². The van der Waals surface area contributed by atoms with E-state index in [1.807, 2.05) is 0 Å². The van der Waals surface area contributed by atoms with Crippen LogP contribution in [0.15, 0.2) is 18.2 Å². The van der Waals surface area contributed by atoms with Gasteiger partial charge in [-0.15, -0.1) is 0 Å². The van der Waals surface area contributed by atoms with Crippen LogP contribution in [-0.2, 0) is 15.1 Å². The van der Waals surface area contributed by atoms with Gasteiger partial charge in [0.25, 0.3) is 0 Å². The molecule has 0 unspecified atom stereocenters. The van der Waals surface area contributed by atoms with Crippen molar-refractivity contribution in [3.05, 3.63) is 35.4 Å². The third kappa shape index (κ3) is 2.71. The summed E-state index contributed by atoms with van der Waals surface area (Å²) in [7, 11) is 0. The highest BCUT2D eigenvalue weighted by molar-refractivity contribution is 5.86. The third-order valence-electron chi connectivity index (χ3n) is 5.30. The molecule has 2 aliphatic carbocycles. The first-order valence-electron chi connectivity index (χ1n) is 7.87. The fourth-order valence-corrected chi connectivity index (χ4v) is 3.56. The Morgan fingerprint density at radius 2 is 1.78 bits per heavy atom. The standard InChI is InChI=1S/C17H19F2NO3/c18-11-3-4-12(13(19)9-11)17(7-2-8-17)20-14(21)10-16(15(22)23)5-1-6-16/h3-4,9H,1-2,5-8,10H2,(H,20,21)(H,22,23). The summed E-state index contributed by atoms with van der Waals surface area (Å²) in [4.78, 5) is 23.7. The molecule has 124 valence electrons. The average molecular weight is 323 g/mol. The lowest BCUT2D eigenvalue weighted by molar-refractivity contribution is -0.158. The van der Waals surface area contributed by atoms with Crippen molar-refractivity contribution >= 4 is 11.9 Å². The van der Waals surface area contributed by atoms with Crippen molar-refractivity contribution in [2.75, 3.05) is 0 Å². The van der Waals surface area contributed by atoms with E-state index >= 15 is 0 Å². The van der Waals surface area contributed by atoms with Gasteiger partial charge in [-0.25, -0.2) is 8.78 Å². The highest BCUT2D eigenvalue weighted by Gasteiger charge is 2.48. The number of carboxylic acid groups (broad SMARTS) is 1. The number of nitrogens with one attached hydrogen (secondary N) is 1. The zero-order chi connectivity index (χ0) is 16.7. The minimum absolute atomic E-state index is 0.0904. The van der Waals surface area contributed by atoms with Crippen molar-refractivity contribution in [2.24, 2.45) is 5.41 Å². The second-order valence-corrected chi connectivity index (χ2v) is 6.72. The molecule has 0 aliphatic heterocycles. The van der Waals surface area contributed by atoms with E-state index in [9.17, 15) is 23.5 Å². The van der Waals surface area contributed by atoms with Gasteiger partial charge in [-0.3, -0.25) is 9.59 Å². The SMILES string of the molecule is O=C(CC1(C(=O)O)CCC1)NC1(c2ccc(F)cc2F)CCC1. The summed E-state index contributed by atoms with van der Waals surface area (Å²) in [6.45, 7) is 0. The quantitative estimate of drug-likeness (QED) is 0.875. The molecule has 2 aliphatic rings. The van der Waals surface area contributed by atoms with E-state index in [4.69, 9.17) is 0 Å². The third-order valence-corrected chi connectivity index (χ3v) is 5.30. The van der Waals surface area contributed by atoms with E-state index in [2.05, 4.69) is 5.32 Å². The van der Waals surface area contributed by atoms with Gasteiger partial charge in [0.15, 0.2) is 0 Å². The normalized spacial score (nSPS) is 21.0. The molecule has 0 spiro atoms. The zero-order valence-electron chi connectivity index (χ0n) is 12.7. The first-order chi connectivity index (χ1) is 10.9. The molecular weight excluding hydrogens is 304 g/mol. The van der Waals surface area contributed by atoms with Crippen molar-refractivity contribution in [2.45, 2.75) is 50.5 Å². The van der Waals surface area contributed by atoms with Crippen LogP contribution in [0.25, 0.3) is 0 Å². The number of carboxylic acids is 1. The second-order valence-electron chi connectivity index (χ2n) is 6.72. The highest BCUT2D eigenvalue weighted by Crippen LogP contribution is 2.46. The van der Waals surface area contributed by atoms with Crippen molar-refractivity contribution in [1.29, 1.82) is 0 Å². The number of benzene rings is 1. The molecule has 0 atom stereocenters. The van der Waals surface area contributed by atoms with E-state index in [0.29, 0.717) is 25.7 Å². The second kappa shape index (κ2) is 5.58. The number of halogens is 2. The monoisotopic (exact) mass is 323 g/mol. The lowest BCUT2D eigenvalue weighted by atomic mass is 9.66. The van der Waals surface area contributed by atoms with E-state index in [-0.39, 0.29) is 17.9 Å². The minimum atomic E-state index is -0.976. The van der Waals surface area contributed by atoms with Crippen LogP contribution >= 0.6 is 0 Å². The van der Waals surface area contributed by atoms with Gasteiger partial charge in [-0.2, -0.15) is 0 Å². The number of carbonyl (C=O) groups excluding carboxylic acids is 1. The molecule has 6 heteroatoms. The Balaban J connectivity index is 1.76. The summed E-state index contributed by atoms with van der Waals surface area (Å²) in [6.07, 6.45) is 3.68. The van der Waals surface area contributed by atoms with Crippen LogP contribution in [0.3, 0.4) is 0 Å². The van der Waals surface area contributed by atoms with E-state index in [0.717, 1.165) is 18.9 Å². The van der Waals surface area contributed by atoms with Crippen LogP contribution in [0.2, 0.25) is 0 Å². The molecule has 0 heterocycles. The number of carbonyl (C=O) groups is 2. The Bertz CT molecular complexity index is 651. The molecule has 2 N–H and O–H groups in total. The predicted molar refractivity (Wildman–Crippen MR) is 78.6 cm³/mol. The van der Waals surface area contributed by atoms with Gasteiger partial charge in [-0.05, 0) is 38.2 Å². The van der Waals surface area contributed by atoms with Crippen LogP contribution in [0.4, 0.5) is 8.78 Å². The molecule has 23 heavy (non-hydrogen) atoms. The number of hydrogen-bond acceptors (Lipinski definition) is 2. The molecule has 1 aromatic rings. The summed E-state index contributed by atoms with van der Waals surface area (Å²) in [6, 6.07) is 3.35. The van der Waals surface area contributed by atoms with Gasteiger partial charge in [0.1, 0.15) is 11.6 Å². The molecule has 0 bridgehead atoms.